The van der Waals surface area contributed by atoms with Crippen LogP contribution in [0, 0.1) is 6.92 Å². The third kappa shape index (κ3) is 3.26. The van der Waals surface area contributed by atoms with Crippen molar-refractivity contribution in [2.24, 2.45) is 7.05 Å². The lowest BCUT2D eigenvalue weighted by Gasteiger charge is -2.20. The molecular formula is C14H22N6. The van der Waals surface area contributed by atoms with Crippen LogP contribution in [0.25, 0.3) is 0 Å². The van der Waals surface area contributed by atoms with Gasteiger partial charge in [0.05, 0.1) is 6.54 Å². The molecule has 20 heavy (non-hydrogen) atoms. The molecule has 0 spiro atoms. The first kappa shape index (κ1) is 14.3. The zero-order valence-corrected chi connectivity index (χ0v) is 12.6. The third-order valence-corrected chi connectivity index (χ3v) is 3.14. The van der Waals surface area contributed by atoms with Gasteiger partial charge in [0.15, 0.2) is 0 Å². The summed E-state index contributed by atoms with van der Waals surface area (Å²) in [6.07, 6.45) is 6.67. The molecule has 0 aliphatic heterocycles. The van der Waals surface area contributed by atoms with Gasteiger partial charge >= 0.3 is 0 Å². The van der Waals surface area contributed by atoms with Gasteiger partial charge in [-0.25, -0.2) is 9.97 Å². The van der Waals surface area contributed by atoms with Crippen molar-refractivity contribution in [3.8, 4) is 0 Å². The number of aromatic nitrogens is 4. The van der Waals surface area contributed by atoms with E-state index >= 15 is 0 Å². The molecule has 0 aliphatic carbocycles. The Morgan fingerprint density at radius 2 is 2.15 bits per heavy atom. The average Bonchev–Trinajstić information content (AvgIpc) is 2.83. The molecule has 2 aromatic rings. The van der Waals surface area contributed by atoms with Crippen LogP contribution in [0.3, 0.4) is 0 Å². The van der Waals surface area contributed by atoms with E-state index in [-0.39, 0.29) is 0 Å². The Balaban J connectivity index is 2.15. The predicted molar refractivity (Wildman–Crippen MR) is 80.9 cm³/mol. The van der Waals surface area contributed by atoms with Crippen molar-refractivity contribution < 1.29 is 0 Å². The number of nitrogens with zero attached hydrogens (tertiary/aromatic N) is 5. The van der Waals surface area contributed by atoms with E-state index in [2.05, 4.69) is 32.1 Å². The Morgan fingerprint density at radius 1 is 1.35 bits per heavy atom. The molecular weight excluding hydrogens is 252 g/mol. The number of hydrogen-bond acceptors (Lipinski definition) is 5. The summed E-state index contributed by atoms with van der Waals surface area (Å²) in [6.45, 7) is 5.74. The molecule has 0 aliphatic rings. The predicted octanol–water partition coefficient (Wildman–Crippen LogP) is 1.98. The van der Waals surface area contributed by atoms with Crippen LogP contribution in [-0.2, 0) is 13.6 Å². The van der Waals surface area contributed by atoms with Crippen molar-refractivity contribution in [3.05, 3.63) is 30.0 Å². The number of hydrogen-bond donors (Lipinski definition) is 1. The summed E-state index contributed by atoms with van der Waals surface area (Å²) in [4.78, 5) is 15.3. The number of anilines is 2. The van der Waals surface area contributed by atoms with Crippen molar-refractivity contribution in [1.29, 1.82) is 0 Å². The molecule has 0 atom stereocenters. The van der Waals surface area contributed by atoms with Gasteiger partial charge < -0.3 is 14.8 Å². The number of aryl methyl sites for hydroxylation is 2. The van der Waals surface area contributed by atoms with Crippen LogP contribution in [0.4, 0.5) is 11.8 Å². The first-order valence-electron chi connectivity index (χ1n) is 6.86. The van der Waals surface area contributed by atoms with Crippen LogP contribution in [0.2, 0.25) is 0 Å². The van der Waals surface area contributed by atoms with Gasteiger partial charge in [0.25, 0.3) is 0 Å². The number of rotatable bonds is 6. The van der Waals surface area contributed by atoms with E-state index in [1.165, 1.54) is 0 Å². The van der Waals surface area contributed by atoms with E-state index in [1.807, 2.05) is 44.2 Å². The highest BCUT2D eigenvalue weighted by Gasteiger charge is 2.11. The fourth-order valence-electron chi connectivity index (χ4n) is 1.98. The lowest BCUT2D eigenvalue weighted by molar-refractivity contribution is 0.752. The second-order valence-corrected chi connectivity index (χ2v) is 4.94. The molecule has 2 rings (SSSR count). The maximum absolute atomic E-state index is 4.59. The summed E-state index contributed by atoms with van der Waals surface area (Å²) in [7, 11) is 4.02. The summed E-state index contributed by atoms with van der Waals surface area (Å²) in [5.41, 5.74) is 1.06. The summed E-state index contributed by atoms with van der Waals surface area (Å²) in [6, 6.07) is 0. The van der Waals surface area contributed by atoms with Gasteiger partial charge in [0.2, 0.25) is 5.95 Å². The van der Waals surface area contributed by atoms with Gasteiger partial charge in [0.1, 0.15) is 11.6 Å². The van der Waals surface area contributed by atoms with E-state index < -0.39 is 0 Å². The third-order valence-electron chi connectivity index (χ3n) is 3.14. The highest BCUT2D eigenvalue weighted by molar-refractivity contribution is 5.48. The Bertz CT molecular complexity index is 563. The summed E-state index contributed by atoms with van der Waals surface area (Å²) < 4.78 is 2.02. The highest BCUT2D eigenvalue weighted by atomic mass is 15.2. The summed E-state index contributed by atoms with van der Waals surface area (Å²) >= 11 is 0. The molecule has 0 bridgehead atoms. The molecule has 0 saturated heterocycles. The van der Waals surface area contributed by atoms with Gasteiger partial charge in [-0.3, -0.25) is 0 Å². The molecule has 0 radical (unpaired) electrons. The molecule has 2 heterocycles. The van der Waals surface area contributed by atoms with E-state index in [9.17, 15) is 0 Å². The largest absolute Gasteiger partial charge is 0.354 e. The van der Waals surface area contributed by atoms with Crippen molar-refractivity contribution in [1.82, 2.24) is 19.5 Å². The Hall–Kier alpha value is -2.11. The van der Waals surface area contributed by atoms with Crippen LogP contribution >= 0.6 is 0 Å². The van der Waals surface area contributed by atoms with E-state index in [0.29, 0.717) is 12.5 Å². The first-order chi connectivity index (χ1) is 9.61. The quantitative estimate of drug-likeness (QED) is 0.873. The topological polar surface area (TPSA) is 58.9 Å². The molecule has 0 aromatic carbocycles. The molecule has 1 N–H and O–H groups in total. The van der Waals surface area contributed by atoms with Gasteiger partial charge in [0, 0.05) is 44.8 Å². The SMILES string of the molecule is CCCNc1ncc(C)c(N(C)Cc2nccn2C)n1. The van der Waals surface area contributed by atoms with Crippen molar-refractivity contribution >= 4 is 11.8 Å². The second-order valence-electron chi connectivity index (χ2n) is 4.94. The Morgan fingerprint density at radius 3 is 2.80 bits per heavy atom. The zero-order chi connectivity index (χ0) is 14.5. The zero-order valence-electron chi connectivity index (χ0n) is 12.6. The maximum atomic E-state index is 4.59. The molecule has 2 aromatic heterocycles. The first-order valence-corrected chi connectivity index (χ1v) is 6.86. The van der Waals surface area contributed by atoms with Gasteiger partial charge in [-0.1, -0.05) is 6.92 Å². The van der Waals surface area contributed by atoms with Crippen LogP contribution < -0.4 is 10.2 Å². The van der Waals surface area contributed by atoms with Crippen LogP contribution in [0.5, 0.6) is 0 Å². The number of imidazole rings is 1. The molecule has 6 heteroatoms. The van der Waals surface area contributed by atoms with Crippen molar-refractivity contribution in [3.63, 3.8) is 0 Å². The highest BCUT2D eigenvalue weighted by Crippen LogP contribution is 2.18. The van der Waals surface area contributed by atoms with Crippen molar-refractivity contribution in [2.75, 3.05) is 23.8 Å². The normalized spacial score (nSPS) is 10.6. The summed E-state index contributed by atoms with van der Waals surface area (Å²) in [5, 5.41) is 3.22. The standard InChI is InChI=1S/C14H22N6/c1-5-6-16-14-17-9-11(2)13(18-14)20(4)10-12-15-7-8-19(12)3/h7-9H,5-6,10H2,1-4H3,(H,16,17,18). The van der Waals surface area contributed by atoms with Crippen LogP contribution in [-0.4, -0.2) is 33.1 Å². The van der Waals surface area contributed by atoms with Crippen LogP contribution in [0.15, 0.2) is 18.6 Å². The Kier molecular flexibility index (Phi) is 4.55. The van der Waals surface area contributed by atoms with Gasteiger partial charge in [-0.15, -0.1) is 0 Å². The molecule has 108 valence electrons. The maximum Gasteiger partial charge on any atom is 0.224 e. The van der Waals surface area contributed by atoms with E-state index in [4.69, 9.17) is 0 Å². The lowest BCUT2D eigenvalue weighted by Crippen LogP contribution is -2.22. The van der Waals surface area contributed by atoms with Crippen molar-refractivity contribution in [2.45, 2.75) is 26.8 Å². The monoisotopic (exact) mass is 274 g/mol. The fourth-order valence-corrected chi connectivity index (χ4v) is 1.98. The number of nitrogens with one attached hydrogen (secondary N) is 1. The van der Waals surface area contributed by atoms with Gasteiger partial charge in [-0.2, -0.15) is 4.98 Å². The molecule has 0 saturated carbocycles. The average molecular weight is 274 g/mol. The summed E-state index contributed by atoms with van der Waals surface area (Å²) in [5.74, 6) is 2.62. The molecule has 0 fully saturated rings. The minimum Gasteiger partial charge on any atom is -0.354 e. The second kappa shape index (κ2) is 6.36. The Labute approximate surface area is 119 Å². The fraction of sp³-hybridized carbons (Fsp3) is 0.500. The molecule has 0 unspecified atom stereocenters. The molecule has 0 amide bonds. The minimum atomic E-state index is 0.680. The van der Waals surface area contributed by atoms with Gasteiger partial charge in [-0.05, 0) is 13.3 Å². The lowest BCUT2D eigenvalue weighted by atomic mass is 10.3. The minimum absolute atomic E-state index is 0.680. The molecule has 6 nitrogen and oxygen atoms in total. The van der Waals surface area contributed by atoms with Crippen LogP contribution in [0.1, 0.15) is 24.7 Å². The smallest absolute Gasteiger partial charge is 0.224 e. The van der Waals surface area contributed by atoms with E-state index in [0.717, 1.165) is 30.2 Å². The van der Waals surface area contributed by atoms with E-state index in [1.54, 1.807) is 0 Å².